The third-order valence-corrected chi connectivity index (χ3v) is 0.382. The Hall–Kier alpha value is -0.250. The summed E-state index contributed by atoms with van der Waals surface area (Å²) in [5.74, 6) is 0. The summed E-state index contributed by atoms with van der Waals surface area (Å²) in [4.78, 5) is 0. The van der Waals surface area contributed by atoms with Gasteiger partial charge in [-0.1, -0.05) is 11.6 Å². The maximum absolute atomic E-state index is 11.1. The number of allylic oxidation sites excluding steroid dienone is 1. The van der Waals surface area contributed by atoms with E-state index in [-0.39, 0.29) is 0 Å². The van der Waals surface area contributed by atoms with E-state index in [0.717, 1.165) is 0 Å². The van der Waals surface area contributed by atoms with Gasteiger partial charge >= 0.3 is 6.18 Å². The smallest absolute Gasteiger partial charge is 0.194 e. The first-order valence-electron chi connectivity index (χ1n) is 1.52. The summed E-state index contributed by atoms with van der Waals surface area (Å²) < 4.78 is 43.8. The summed E-state index contributed by atoms with van der Waals surface area (Å²) in [6.07, 6.45) is -5.28. The van der Waals surface area contributed by atoms with Gasteiger partial charge in [-0.25, -0.2) is 0 Å². The van der Waals surface area contributed by atoms with Crippen molar-refractivity contribution in [3.63, 3.8) is 0 Å². The number of rotatable bonds is 0. The van der Waals surface area contributed by atoms with Crippen LogP contribution in [0.3, 0.4) is 0 Å². The molecule has 0 heterocycles. The van der Waals surface area contributed by atoms with Crippen LogP contribution >= 0.6 is 11.6 Å². The standard InChI is InChI=1S/C3HClF4/c4-2(5)1-3(6,7)8/h1H. The molecule has 0 saturated heterocycles. The van der Waals surface area contributed by atoms with Gasteiger partial charge in [0.2, 0.25) is 0 Å². The van der Waals surface area contributed by atoms with Crippen molar-refractivity contribution in [2.24, 2.45) is 0 Å². The Bertz CT molecular complexity index is 98.3. The minimum absolute atomic E-state index is 0.630. The van der Waals surface area contributed by atoms with E-state index < -0.39 is 17.5 Å². The minimum atomic E-state index is -4.65. The monoisotopic (exact) mass is 148 g/mol. The third-order valence-electron chi connectivity index (χ3n) is 0.273. The first kappa shape index (κ1) is 7.75. The van der Waals surface area contributed by atoms with Crippen molar-refractivity contribution in [1.29, 1.82) is 0 Å². The molecule has 0 aromatic heterocycles. The molecule has 0 radical (unpaired) electrons. The van der Waals surface area contributed by atoms with E-state index in [4.69, 9.17) is 0 Å². The molecule has 0 aromatic carbocycles. The first-order valence-corrected chi connectivity index (χ1v) is 1.90. The molecule has 0 atom stereocenters. The molecule has 0 amide bonds. The van der Waals surface area contributed by atoms with Gasteiger partial charge in [0.25, 0.3) is 0 Å². The highest BCUT2D eigenvalue weighted by Gasteiger charge is 2.24. The van der Waals surface area contributed by atoms with Crippen LogP contribution in [-0.2, 0) is 0 Å². The average Bonchev–Trinajstić information content (AvgIpc) is 1.21. The van der Waals surface area contributed by atoms with Crippen LogP contribution in [0.1, 0.15) is 0 Å². The Labute approximate surface area is 47.7 Å². The van der Waals surface area contributed by atoms with Crippen LogP contribution in [0.15, 0.2) is 11.4 Å². The van der Waals surface area contributed by atoms with Gasteiger partial charge in [-0.05, 0) is 0 Å². The maximum atomic E-state index is 11.1. The molecule has 0 aliphatic heterocycles. The Morgan fingerprint density at radius 1 is 1.38 bits per heavy atom. The van der Waals surface area contributed by atoms with Crippen molar-refractivity contribution in [1.82, 2.24) is 0 Å². The van der Waals surface area contributed by atoms with Crippen molar-refractivity contribution >= 4 is 11.6 Å². The lowest BCUT2D eigenvalue weighted by Gasteiger charge is -1.94. The molecule has 0 rings (SSSR count). The van der Waals surface area contributed by atoms with E-state index in [1.807, 2.05) is 0 Å². The van der Waals surface area contributed by atoms with Gasteiger partial charge in [-0.3, -0.25) is 0 Å². The highest BCUT2D eigenvalue weighted by atomic mass is 35.5. The van der Waals surface area contributed by atoms with Crippen LogP contribution in [0.5, 0.6) is 0 Å². The number of halogens is 5. The molecule has 0 spiro atoms. The molecular weight excluding hydrogens is 147 g/mol. The number of alkyl halides is 3. The van der Waals surface area contributed by atoms with Crippen LogP contribution in [0.25, 0.3) is 0 Å². The summed E-state index contributed by atoms with van der Waals surface area (Å²) in [7, 11) is 0. The summed E-state index contributed by atoms with van der Waals surface area (Å²) in [5.41, 5.74) is 0. The fourth-order valence-electron chi connectivity index (χ4n) is 0.124. The molecule has 0 bridgehead atoms. The lowest BCUT2D eigenvalue weighted by atomic mass is 10.6. The number of hydrogen-bond donors (Lipinski definition) is 0. The van der Waals surface area contributed by atoms with Crippen LogP contribution in [0.2, 0.25) is 0 Å². The normalized spacial score (nSPS) is 14.4. The van der Waals surface area contributed by atoms with E-state index in [1.54, 1.807) is 0 Å². The molecular formula is C3HClF4. The van der Waals surface area contributed by atoms with E-state index >= 15 is 0 Å². The van der Waals surface area contributed by atoms with Gasteiger partial charge in [0.1, 0.15) is 0 Å². The zero-order chi connectivity index (χ0) is 6.78. The molecule has 5 heteroatoms. The molecule has 48 valence electrons. The zero-order valence-corrected chi connectivity index (χ0v) is 4.22. The molecule has 8 heavy (non-hydrogen) atoms. The largest absolute Gasteiger partial charge is 0.413 e. The molecule has 0 nitrogen and oxygen atoms in total. The second kappa shape index (κ2) is 2.35. The Morgan fingerprint density at radius 2 is 1.75 bits per heavy atom. The van der Waals surface area contributed by atoms with E-state index in [0.29, 0.717) is 0 Å². The average molecular weight is 148 g/mol. The summed E-state index contributed by atoms with van der Waals surface area (Å²) in [5, 5.41) is -1.75. The van der Waals surface area contributed by atoms with Gasteiger partial charge in [0.05, 0.1) is 6.08 Å². The molecule has 0 unspecified atom stereocenters. The highest BCUT2D eigenvalue weighted by Crippen LogP contribution is 2.20. The zero-order valence-electron chi connectivity index (χ0n) is 3.47. The number of hydrogen-bond acceptors (Lipinski definition) is 0. The fourth-order valence-corrected chi connectivity index (χ4v) is 0.247. The Balaban J connectivity index is 3.89. The highest BCUT2D eigenvalue weighted by molar-refractivity contribution is 6.28. The molecule has 0 N–H and O–H groups in total. The molecule has 0 aliphatic rings. The molecule has 0 fully saturated rings. The maximum Gasteiger partial charge on any atom is 0.413 e. The molecule has 0 aromatic rings. The van der Waals surface area contributed by atoms with E-state index in [2.05, 4.69) is 11.6 Å². The molecule has 0 saturated carbocycles. The lowest BCUT2D eigenvalue weighted by Crippen LogP contribution is -2.00. The lowest BCUT2D eigenvalue weighted by molar-refractivity contribution is -0.0808. The van der Waals surface area contributed by atoms with Crippen LogP contribution < -0.4 is 0 Å². The van der Waals surface area contributed by atoms with Gasteiger partial charge in [0, 0.05) is 0 Å². The first-order chi connectivity index (χ1) is 3.42. The quantitative estimate of drug-likeness (QED) is 0.463. The predicted octanol–water partition coefficient (Wildman–Crippen LogP) is 2.60. The van der Waals surface area contributed by atoms with Crippen molar-refractivity contribution < 1.29 is 17.6 Å². The topological polar surface area (TPSA) is 0 Å². The fraction of sp³-hybridized carbons (Fsp3) is 0.333. The Morgan fingerprint density at radius 3 is 1.75 bits per heavy atom. The summed E-state index contributed by atoms with van der Waals surface area (Å²) in [6.45, 7) is 0. The van der Waals surface area contributed by atoms with Gasteiger partial charge < -0.3 is 0 Å². The van der Waals surface area contributed by atoms with Gasteiger partial charge in [-0.2, -0.15) is 17.6 Å². The van der Waals surface area contributed by atoms with Crippen molar-refractivity contribution in [3.8, 4) is 0 Å². The van der Waals surface area contributed by atoms with Crippen LogP contribution in [-0.4, -0.2) is 6.18 Å². The Kier molecular flexibility index (Phi) is 2.27. The second-order valence-electron chi connectivity index (χ2n) is 0.976. The summed E-state index contributed by atoms with van der Waals surface area (Å²) >= 11 is 4.24. The van der Waals surface area contributed by atoms with E-state index in [1.165, 1.54) is 0 Å². The van der Waals surface area contributed by atoms with Crippen LogP contribution in [0.4, 0.5) is 17.6 Å². The van der Waals surface area contributed by atoms with Crippen molar-refractivity contribution in [3.05, 3.63) is 11.4 Å². The van der Waals surface area contributed by atoms with E-state index in [9.17, 15) is 17.6 Å². The van der Waals surface area contributed by atoms with Gasteiger partial charge in [-0.15, -0.1) is 0 Å². The summed E-state index contributed by atoms with van der Waals surface area (Å²) in [6, 6.07) is 0. The second-order valence-corrected chi connectivity index (χ2v) is 1.34. The van der Waals surface area contributed by atoms with Crippen molar-refractivity contribution in [2.45, 2.75) is 6.18 Å². The van der Waals surface area contributed by atoms with Crippen LogP contribution in [0, 0.1) is 0 Å². The third kappa shape index (κ3) is 5.75. The molecule has 0 aliphatic carbocycles. The van der Waals surface area contributed by atoms with Crippen molar-refractivity contribution in [2.75, 3.05) is 0 Å². The SMILES string of the molecule is FC(Cl)=CC(F)(F)F. The van der Waals surface area contributed by atoms with Gasteiger partial charge in [0.15, 0.2) is 5.29 Å². The predicted molar refractivity (Wildman–Crippen MR) is 21.1 cm³/mol. The minimum Gasteiger partial charge on any atom is -0.194 e.